The smallest absolute Gasteiger partial charge is 0.392 e. The SMILES string of the molecule is [2H]C([2H])([2H])OC([2H])(c1cc(CO)cc(CO)c1)C(F)(F)C(F)(F)C(F)(F)C(F)(F)C(F)(F)C(F)(F)F. The minimum Gasteiger partial charge on any atom is -0.392 e. The van der Waals surface area contributed by atoms with E-state index in [1.807, 2.05) is 0 Å². The lowest BCUT2D eigenvalue weighted by Crippen LogP contribution is -2.70. The monoisotopic (exact) mass is 504 g/mol. The van der Waals surface area contributed by atoms with Crippen LogP contribution in [0.15, 0.2) is 18.2 Å². The molecule has 0 fully saturated rings. The van der Waals surface area contributed by atoms with Gasteiger partial charge in [-0.05, 0) is 16.7 Å². The lowest BCUT2D eigenvalue weighted by molar-refractivity contribution is -0.445. The summed E-state index contributed by atoms with van der Waals surface area (Å²) in [5.74, 6) is -40.0. The molecule has 1 atom stereocenters. The molecule has 1 rings (SSSR count). The van der Waals surface area contributed by atoms with Gasteiger partial charge >= 0.3 is 35.8 Å². The topological polar surface area (TPSA) is 49.7 Å². The summed E-state index contributed by atoms with van der Waals surface area (Å²) in [6, 6.07) is 0.813. The zero-order valence-electron chi connectivity index (χ0n) is 18.9. The van der Waals surface area contributed by atoms with E-state index < -0.39 is 78.8 Å². The molecule has 32 heavy (non-hydrogen) atoms. The van der Waals surface area contributed by atoms with Gasteiger partial charge in [0, 0.05) is 7.04 Å². The molecule has 0 saturated carbocycles. The molecule has 0 aliphatic rings. The number of benzene rings is 1. The van der Waals surface area contributed by atoms with Crippen LogP contribution in [0, 0.1) is 0 Å². The molecule has 0 aliphatic carbocycles. The van der Waals surface area contributed by atoms with Crippen LogP contribution in [0.2, 0.25) is 0 Å². The molecule has 186 valence electrons. The van der Waals surface area contributed by atoms with Crippen molar-refractivity contribution in [2.75, 3.05) is 7.04 Å². The van der Waals surface area contributed by atoms with Gasteiger partial charge in [0.2, 0.25) is 0 Å². The first-order chi connectivity index (χ1) is 15.7. The Labute approximate surface area is 176 Å². The van der Waals surface area contributed by atoms with E-state index in [2.05, 4.69) is 4.74 Å². The highest BCUT2D eigenvalue weighted by Crippen LogP contribution is 2.62. The Hall–Kier alpha value is -1.81. The molecule has 16 heteroatoms. The predicted molar refractivity (Wildman–Crippen MR) is 78.8 cm³/mol. The zero-order chi connectivity index (χ0) is 29.0. The van der Waals surface area contributed by atoms with Crippen molar-refractivity contribution in [3.05, 3.63) is 34.9 Å². The molecule has 0 bridgehead atoms. The fourth-order valence-electron chi connectivity index (χ4n) is 2.29. The summed E-state index contributed by atoms with van der Waals surface area (Å²) in [6.45, 7) is -2.45. The van der Waals surface area contributed by atoms with Gasteiger partial charge in [0.05, 0.1) is 18.7 Å². The van der Waals surface area contributed by atoms with Gasteiger partial charge in [0.15, 0.2) is 6.08 Å². The van der Waals surface area contributed by atoms with Gasteiger partial charge < -0.3 is 14.9 Å². The second kappa shape index (κ2) is 8.52. The Bertz CT molecular complexity index is 928. The van der Waals surface area contributed by atoms with Crippen molar-refractivity contribution >= 4 is 0 Å². The molecule has 0 aliphatic heterocycles. The Morgan fingerprint density at radius 2 is 1.16 bits per heavy atom. The van der Waals surface area contributed by atoms with Crippen LogP contribution in [0.3, 0.4) is 0 Å². The van der Waals surface area contributed by atoms with E-state index in [0.29, 0.717) is 0 Å². The molecule has 1 aromatic carbocycles. The summed E-state index contributed by atoms with van der Waals surface area (Å²) in [6.07, 6.45) is -13.1. The molecule has 0 aromatic heterocycles. The molecule has 0 radical (unpaired) electrons. The quantitative estimate of drug-likeness (QED) is 0.461. The van der Waals surface area contributed by atoms with Crippen molar-refractivity contribution in [3.63, 3.8) is 0 Å². The summed E-state index contributed by atoms with van der Waals surface area (Å²) >= 11 is 0. The summed E-state index contributed by atoms with van der Waals surface area (Å²) in [4.78, 5) is 0. The van der Waals surface area contributed by atoms with Crippen molar-refractivity contribution in [1.29, 1.82) is 0 Å². The minimum atomic E-state index is -8.30. The minimum absolute atomic E-state index is 0.0441. The number of halogens is 13. The molecule has 0 heterocycles. The van der Waals surface area contributed by atoms with Crippen molar-refractivity contribution in [3.8, 4) is 0 Å². The van der Waals surface area contributed by atoms with Gasteiger partial charge in [-0.2, -0.15) is 57.1 Å². The van der Waals surface area contributed by atoms with Crippen molar-refractivity contribution in [2.24, 2.45) is 0 Å². The molecular formula is C16H13F13O3. The van der Waals surface area contributed by atoms with Crippen LogP contribution in [-0.2, 0) is 18.0 Å². The van der Waals surface area contributed by atoms with Crippen LogP contribution >= 0.6 is 0 Å². The first-order valence-electron chi connectivity index (χ1n) is 9.69. The van der Waals surface area contributed by atoms with Gasteiger partial charge in [-0.3, -0.25) is 0 Å². The van der Waals surface area contributed by atoms with Crippen molar-refractivity contribution in [2.45, 2.75) is 55.1 Å². The molecule has 3 nitrogen and oxygen atoms in total. The molecule has 1 aromatic rings. The summed E-state index contributed by atoms with van der Waals surface area (Å²) < 4.78 is 208. The zero-order valence-corrected chi connectivity index (χ0v) is 14.9. The highest BCUT2D eigenvalue weighted by Gasteiger charge is 2.91. The second-order valence-corrected chi connectivity index (χ2v) is 6.16. The lowest BCUT2D eigenvalue weighted by atomic mass is 9.88. The van der Waals surface area contributed by atoms with Crippen LogP contribution in [0.4, 0.5) is 57.1 Å². The Balaban J connectivity index is 4.01. The van der Waals surface area contributed by atoms with E-state index in [1.54, 1.807) is 0 Å². The van der Waals surface area contributed by atoms with E-state index >= 15 is 0 Å². The third-order valence-corrected chi connectivity index (χ3v) is 4.00. The number of rotatable bonds is 9. The van der Waals surface area contributed by atoms with Gasteiger partial charge in [0.1, 0.15) is 0 Å². The second-order valence-electron chi connectivity index (χ2n) is 6.16. The third kappa shape index (κ3) is 4.11. The first kappa shape index (κ1) is 22.0. The van der Waals surface area contributed by atoms with Crippen LogP contribution < -0.4 is 0 Å². The largest absolute Gasteiger partial charge is 0.460 e. The number of methoxy groups -OCH3 is 1. The fourth-order valence-corrected chi connectivity index (χ4v) is 2.29. The van der Waals surface area contributed by atoms with Gasteiger partial charge in [-0.25, -0.2) is 0 Å². The lowest BCUT2D eigenvalue weighted by Gasteiger charge is -2.41. The van der Waals surface area contributed by atoms with Gasteiger partial charge in [0.25, 0.3) is 0 Å². The summed E-state index contributed by atoms with van der Waals surface area (Å²) in [5, 5.41) is 18.2. The van der Waals surface area contributed by atoms with Crippen molar-refractivity contribution < 1.29 is 77.5 Å². The van der Waals surface area contributed by atoms with E-state index in [0.717, 1.165) is 6.07 Å². The van der Waals surface area contributed by atoms with Crippen molar-refractivity contribution in [1.82, 2.24) is 0 Å². The van der Waals surface area contributed by atoms with Crippen LogP contribution in [-0.4, -0.2) is 53.0 Å². The maximum atomic E-state index is 14.9. The van der Waals surface area contributed by atoms with Gasteiger partial charge in [-0.1, -0.05) is 18.2 Å². The molecule has 2 N–H and O–H groups in total. The van der Waals surface area contributed by atoms with Crippen LogP contribution in [0.25, 0.3) is 0 Å². The standard InChI is InChI=1S/C16H13F13O3/c1-32-10(9-3-7(5-30)2-8(4-9)6-31)11(17,18)12(19,20)13(21,22)14(23,24)15(25,26)16(27,28)29/h2-4,10,30-31H,5-6H2,1H3/i1D3,10D. The number of hydrogen-bond acceptors (Lipinski definition) is 3. The number of aliphatic hydroxyl groups is 2. The van der Waals surface area contributed by atoms with E-state index in [4.69, 9.17) is 15.7 Å². The first-order valence-corrected chi connectivity index (χ1v) is 7.69. The maximum absolute atomic E-state index is 14.9. The molecule has 0 amide bonds. The van der Waals surface area contributed by atoms with E-state index in [9.17, 15) is 57.1 Å². The predicted octanol–water partition coefficient (Wildman–Crippen LogP) is 5.10. The normalized spacial score (nSPS) is 19.0. The molecule has 0 spiro atoms. The Morgan fingerprint density at radius 1 is 0.750 bits per heavy atom. The van der Waals surface area contributed by atoms with Crippen LogP contribution in [0.5, 0.6) is 0 Å². The Morgan fingerprint density at radius 3 is 1.50 bits per heavy atom. The Kier molecular flexibility index (Phi) is 5.86. The fraction of sp³-hybridized carbons (Fsp3) is 0.625. The number of ether oxygens (including phenoxy) is 1. The van der Waals surface area contributed by atoms with E-state index in [1.165, 1.54) is 0 Å². The number of alkyl halides is 13. The highest BCUT2D eigenvalue weighted by atomic mass is 19.4. The summed E-state index contributed by atoms with van der Waals surface area (Å²) in [7, 11) is -4.41. The molecule has 0 saturated heterocycles. The molecule has 1 unspecified atom stereocenters. The summed E-state index contributed by atoms with van der Waals surface area (Å²) in [5.41, 5.74) is -3.30. The molecular weight excluding hydrogens is 487 g/mol. The van der Waals surface area contributed by atoms with E-state index in [-0.39, 0.29) is 12.1 Å². The van der Waals surface area contributed by atoms with Gasteiger partial charge in [-0.15, -0.1) is 0 Å². The average molecular weight is 504 g/mol. The highest BCUT2D eigenvalue weighted by molar-refractivity contribution is 5.33. The maximum Gasteiger partial charge on any atom is 0.460 e. The average Bonchev–Trinajstić information content (AvgIpc) is 2.70. The number of hydrogen-bond donors (Lipinski definition) is 2. The van der Waals surface area contributed by atoms with Crippen LogP contribution in [0.1, 0.15) is 28.3 Å². The third-order valence-electron chi connectivity index (χ3n) is 4.00. The number of aliphatic hydroxyl groups excluding tert-OH is 2.